The van der Waals surface area contributed by atoms with E-state index in [4.69, 9.17) is 14.2 Å². The van der Waals surface area contributed by atoms with Crippen molar-refractivity contribution in [2.24, 2.45) is 0 Å². The summed E-state index contributed by atoms with van der Waals surface area (Å²) >= 11 is 3.04. The van der Waals surface area contributed by atoms with Crippen LogP contribution in [0, 0.1) is 0 Å². The fourth-order valence-electron chi connectivity index (χ4n) is 3.62. The van der Waals surface area contributed by atoms with Crippen molar-refractivity contribution in [1.29, 1.82) is 0 Å². The van der Waals surface area contributed by atoms with Gasteiger partial charge in [0.15, 0.2) is 16.7 Å². The molecule has 0 atom stereocenters. The summed E-state index contributed by atoms with van der Waals surface area (Å²) in [6.07, 6.45) is 3.63. The van der Waals surface area contributed by atoms with Crippen LogP contribution in [-0.4, -0.2) is 41.5 Å². The van der Waals surface area contributed by atoms with E-state index in [9.17, 15) is 4.79 Å². The molecule has 4 aromatic rings. The van der Waals surface area contributed by atoms with Crippen molar-refractivity contribution in [3.05, 3.63) is 77.2 Å². The molecular weight excluding hydrogens is 470 g/mol. The molecule has 0 saturated heterocycles. The van der Waals surface area contributed by atoms with Crippen LogP contribution in [0.2, 0.25) is 0 Å². The Balaban J connectivity index is 1.35. The Morgan fingerprint density at radius 3 is 2.74 bits per heavy atom. The number of benzene rings is 2. The molecule has 3 heterocycles. The van der Waals surface area contributed by atoms with Gasteiger partial charge >= 0.3 is 0 Å². The van der Waals surface area contributed by atoms with E-state index in [0.29, 0.717) is 31.3 Å². The monoisotopic (exact) mass is 493 g/mol. The Morgan fingerprint density at radius 2 is 1.97 bits per heavy atom. The second-order valence-electron chi connectivity index (χ2n) is 7.45. The number of carbonyl (C=O) groups excluding carboxylic acids is 1. The van der Waals surface area contributed by atoms with Gasteiger partial charge in [0.2, 0.25) is 5.91 Å². The first-order valence-corrected chi connectivity index (χ1v) is 12.6. The van der Waals surface area contributed by atoms with Crippen molar-refractivity contribution in [3.63, 3.8) is 0 Å². The zero-order valence-electron chi connectivity index (χ0n) is 18.5. The van der Waals surface area contributed by atoms with Crippen LogP contribution >= 0.6 is 23.1 Å². The molecule has 0 unspecified atom stereocenters. The maximum Gasteiger partial charge on any atom is 0.237 e. The average Bonchev–Trinajstić information content (AvgIpc) is 3.58. The molecule has 0 aliphatic carbocycles. The number of fused-ring (bicyclic) bond motifs is 1. The minimum atomic E-state index is -0.0145. The lowest BCUT2D eigenvalue weighted by atomic mass is 10.2. The highest BCUT2D eigenvalue weighted by Crippen LogP contribution is 2.35. The first-order chi connectivity index (χ1) is 16.7. The minimum absolute atomic E-state index is 0.0145. The van der Waals surface area contributed by atoms with Crippen LogP contribution in [0.3, 0.4) is 0 Å². The molecule has 174 valence electrons. The van der Waals surface area contributed by atoms with Crippen LogP contribution in [-0.2, 0) is 11.3 Å². The molecular formula is C25H23N3O4S2. The van der Waals surface area contributed by atoms with Gasteiger partial charge in [-0.25, -0.2) is 4.98 Å². The van der Waals surface area contributed by atoms with Crippen molar-refractivity contribution in [2.75, 3.05) is 31.0 Å². The number of amides is 1. The van der Waals surface area contributed by atoms with Gasteiger partial charge in [-0.1, -0.05) is 17.8 Å². The number of thiophene rings is 1. The van der Waals surface area contributed by atoms with Crippen LogP contribution in [0.1, 0.15) is 4.88 Å². The summed E-state index contributed by atoms with van der Waals surface area (Å²) in [7, 11) is 1.64. The largest absolute Gasteiger partial charge is 0.497 e. The van der Waals surface area contributed by atoms with Gasteiger partial charge in [0.1, 0.15) is 19.0 Å². The number of carbonyl (C=O) groups is 1. The summed E-state index contributed by atoms with van der Waals surface area (Å²) < 4.78 is 18.6. The molecule has 1 amide bonds. The Bertz CT molecular complexity index is 1260. The quantitative estimate of drug-likeness (QED) is 0.321. The summed E-state index contributed by atoms with van der Waals surface area (Å²) in [5, 5.41) is 2.76. The topological polar surface area (TPSA) is 65.8 Å². The van der Waals surface area contributed by atoms with Crippen LogP contribution in [0.25, 0.3) is 5.69 Å². The number of hydrogen-bond acceptors (Lipinski definition) is 7. The number of imidazole rings is 1. The smallest absolute Gasteiger partial charge is 0.237 e. The molecule has 1 aliphatic heterocycles. The van der Waals surface area contributed by atoms with E-state index in [0.717, 1.165) is 27.2 Å². The Morgan fingerprint density at radius 1 is 1.15 bits per heavy atom. The average molecular weight is 494 g/mol. The van der Waals surface area contributed by atoms with Crippen molar-refractivity contribution < 1.29 is 19.0 Å². The third kappa shape index (κ3) is 4.90. The molecule has 0 radical (unpaired) electrons. The van der Waals surface area contributed by atoms with Gasteiger partial charge in [-0.15, -0.1) is 11.3 Å². The standard InChI is InChI=1S/C25H23N3O4S2/c1-30-20-7-4-18(5-8-20)27-11-10-26-25(27)34-17-24(29)28(16-21-3-2-14-33-21)19-6-9-22-23(15-19)32-13-12-31-22/h2-11,14-15H,12-13,16-17H2,1H3. The minimum Gasteiger partial charge on any atom is -0.497 e. The predicted molar refractivity (Wildman–Crippen MR) is 134 cm³/mol. The van der Waals surface area contributed by atoms with E-state index in [-0.39, 0.29) is 11.7 Å². The zero-order valence-corrected chi connectivity index (χ0v) is 20.2. The molecule has 9 heteroatoms. The molecule has 1 aliphatic rings. The van der Waals surface area contributed by atoms with E-state index < -0.39 is 0 Å². The van der Waals surface area contributed by atoms with E-state index in [1.165, 1.54) is 11.8 Å². The van der Waals surface area contributed by atoms with E-state index in [1.54, 1.807) is 29.5 Å². The first-order valence-electron chi connectivity index (χ1n) is 10.7. The fourth-order valence-corrected chi connectivity index (χ4v) is 5.16. The summed E-state index contributed by atoms with van der Waals surface area (Å²) in [5.74, 6) is 2.38. The third-order valence-corrected chi connectivity index (χ3v) is 7.13. The van der Waals surface area contributed by atoms with Gasteiger partial charge in [0.05, 0.1) is 19.4 Å². The van der Waals surface area contributed by atoms with Crippen LogP contribution < -0.4 is 19.1 Å². The van der Waals surface area contributed by atoms with Gasteiger partial charge < -0.3 is 19.1 Å². The lowest BCUT2D eigenvalue weighted by Crippen LogP contribution is -2.32. The molecule has 2 aromatic carbocycles. The summed E-state index contributed by atoms with van der Waals surface area (Å²) in [6, 6.07) is 17.4. The third-order valence-electron chi connectivity index (χ3n) is 5.31. The second-order valence-corrected chi connectivity index (χ2v) is 9.43. The molecule has 7 nitrogen and oxygen atoms in total. The number of hydrogen-bond donors (Lipinski definition) is 0. The van der Waals surface area contributed by atoms with Crippen molar-refractivity contribution in [3.8, 4) is 22.9 Å². The first kappa shape index (κ1) is 22.4. The number of aromatic nitrogens is 2. The van der Waals surface area contributed by atoms with Gasteiger partial charge in [-0.3, -0.25) is 9.36 Å². The number of nitrogens with zero attached hydrogens (tertiary/aromatic N) is 3. The Hall–Kier alpha value is -3.43. The summed E-state index contributed by atoms with van der Waals surface area (Å²) in [6.45, 7) is 1.52. The van der Waals surface area contributed by atoms with Gasteiger partial charge in [-0.05, 0) is 47.8 Å². The Kier molecular flexibility index (Phi) is 6.73. The maximum atomic E-state index is 13.4. The fraction of sp³-hybridized carbons (Fsp3) is 0.200. The van der Waals surface area contributed by atoms with Crippen LogP contribution in [0.15, 0.2) is 77.5 Å². The summed E-state index contributed by atoms with van der Waals surface area (Å²) in [4.78, 5) is 20.8. The highest BCUT2D eigenvalue weighted by molar-refractivity contribution is 7.99. The summed E-state index contributed by atoms with van der Waals surface area (Å²) in [5.41, 5.74) is 1.73. The van der Waals surface area contributed by atoms with Crippen molar-refractivity contribution in [2.45, 2.75) is 11.7 Å². The lowest BCUT2D eigenvalue weighted by Gasteiger charge is -2.25. The van der Waals surface area contributed by atoms with Gasteiger partial charge in [0.25, 0.3) is 0 Å². The van der Waals surface area contributed by atoms with E-state index >= 15 is 0 Å². The number of anilines is 1. The highest BCUT2D eigenvalue weighted by atomic mass is 32.2. The normalized spacial score (nSPS) is 12.4. The number of rotatable bonds is 8. The lowest BCUT2D eigenvalue weighted by molar-refractivity contribution is -0.116. The molecule has 0 saturated carbocycles. The number of thioether (sulfide) groups is 1. The van der Waals surface area contributed by atoms with Crippen molar-refractivity contribution in [1.82, 2.24) is 9.55 Å². The molecule has 0 N–H and O–H groups in total. The zero-order chi connectivity index (χ0) is 23.3. The molecule has 34 heavy (non-hydrogen) atoms. The van der Waals surface area contributed by atoms with Crippen molar-refractivity contribution >= 4 is 34.7 Å². The molecule has 0 bridgehead atoms. The predicted octanol–water partition coefficient (Wildman–Crippen LogP) is 5.04. The second kappa shape index (κ2) is 10.2. The molecule has 0 fully saturated rings. The van der Waals surface area contributed by atoms with Gasteiger partial charge in [-0.2, -0.15) is 0 Å². The van der Waals surface area contributed by atoms with Gasteiger partial charge in [0, 0.05) is 34.7 Å². The van der Waals surface area contributed by atoms with Crippen LogP contribution in [0.5, 0.6) is 17.2 Å². The van der Waals surface area contributed by atoms with E-state index in [2.05, 4.69) is 4.98 Å². The van der Waals surface area contributed by atoms with E-state index in [1.807, 2.05) is 70.7 Å². The molecule has 0 spiro atoms. The molecule has 2 aromatic heterocycles. The van der Waals surface area contributed by atoms with Crippen LogP contribution in [0.4, 0.5) is 5.69 Å². The number of methoxy groups -OCH3 is 1. The maximum absolute atomic E-state index is 13.4. The highest BCUT2D eigenvalue weighted by Gasteiger charge is 2.21. The molecule has 5 rings (SSSR count). The Labute approximate surface area is 205 Å². The number of ether oxygens (including phenoxy) is 3. The SMILES string of the molecule is COc1ccc(-n2ccnc2SCC(=O)N(Cc2cccs2)c2ccc3c(c2)OCCO3)cc1.